The van der Waals surface area contributed by atoms with Gasteiger partial charge in [0.15, 0.2) is 0 Å². The molecule has 13 heavy (non-hydrogen) atoms. The Morgan fingerprint density at radius 1 is 1.38 bits per heavy atom. The number of alkyl halides is 2. The molecular formula is C9H10ClF2N. The lowest BCUT2D eigenvalue weighted by Gasteiger charge is -2.13. The molecule has 0 heterocycles. The second kappa shape index (κ2) is 4.03. The van der Waals surface area contributed by atoms with Crippen LogP contribution in [0.1, 0.15) is 17.2 Å². The van der Waals surface area contributed by atoms with Gasteiger partial charge in [0, 0.05) is 5.02 Å². The van der Waals surface area contributed by atoms with E-state index in [-0.39, 0.29) is 0 Å². The summed E-state index contributed by atoms with van der Waals surface area (Å²) in [7, 11) is 0. The zero-order valence-corrected chi connectivity index (χ0v) is 7.85. The van der Waals surface area contributed by atoms with Gasteiger partial charge in [0.2, 0.25) is 0 Å². The Morgan fingerprint density at radius 3 is 2.46 bits per heavy atom. The first-order valence-corrected chi connectivity index (χ1v) is 4.20. The van der Waals surface area contributed by atoms with Crippen molar-refractivity contribution in [2.45, 2.75) is 19.4 Å². The topological polar surface area (TPSA) is 26.0 Å². The Hall–Kier alpha value is -0.670. The first-order chi connectivity index (χ1) is 6.02. The fourth-order valence-corrected chi connectivity index (χ4v) is 1.38. The third kappa shape index (κ3) is 2.39. The van der Waals surface area contributed by atoms with Crippen LogP contribution in [-0.4, -0.2) is 6.43 Å². The molecule has 1 unspecified atom stereocenters. The minimum absolute atomic E-state index is 0.444. The zero-order valence-electron chi connectivity index (χ0n) is 7.10. The highest BCUT2D eigenvalue weighted by atomic mass is 35.5. The van der Waals surface area contributed by atoms with Crippen molar-refractivity contribution in [1.82, 2.24) is 0 Å². The van der Waals surface area contributed by atoms with E-state index in [2.05, 4.69) is 0 Å². The number of halogens is 3. The monoisotopic (exact) mass is 205 g/mol. The summed E-state index contributed by atoms with van der Waals surface area (Å²) in [5.41, 5.74) is 6.43. The second-order valence-corrected chi connectivity index (χ2v) is 3.30. The molecule has 0 aliphatic rings. The van der Waals surface area contributed by atoms with Gasteiger partial charge in [0.1, 0.15) is 0 Å². The van der Waals surface area contributed by atoms with Gasteiger partial charge in [0.25, 0.3) is 6.43 Å². The maximum absolute atomic E-state index is 12.2. The van der Waals surface area contributed by atoms with Gasteiger partial charge in [-0.3, -0.25) is 0 Å². The van der Waals surface area contributed by atoms with Gasteiger partial charge in [-0.1, -0.05) is 17.7 Å². The molecule has 0 radical (unpaired) electrons. The number of benzene rings is 1. The molecule has 1 rings (SSSR count). The van der Waals surface area contributed by atoms with Gasteiger partial charge in [-0.2, -0.15) is 0 Å². The van der Waals surface area contributed by atoms with Crippen molar-refractivity contribution in [1.29, 1.82) is 0 Å². The van der Waals surface area contributed by atoms with Crippen molar-refractivity contribution in [2.24, 2.45) is 5.73 Å². The lowest BCUT2D eigenvalue weighted by molar-refractivity contribution is 0.116. The first-order valence-electron chi connectivity index (χ1n) is 3.82. The quantitative estimate of drug-likeness (QED) is 0.790. The van der Waals surface area contributed by atoms with Gasteiger partial charge < -0.3 is 5.73 Å². The lowest BCUT2D eigenvalue weighted by atomic mass is 10.0. The molecule has 0 aliphatic carbocycles. The van der Waals surface area contributed by atoms with Crippen molar-refractivity contribution in [3.63, 3.8) is 0 Å². The number of aryl methyl sites for hydroxylation is 1. The Labute approximate surface area is 80.5 Å². The zero-order chi connectivity index (χ0) is 10.0. The highest BCUT2D eigenvalue weighted by Gasteiger charge is 2.18. The summed E-state index contributed by atoms with van der Waals surface area (Å²) in [6, 6.07) is 3.50. The molecule has 0 bridgehead atoms. The molecule has 0 saturated carbocycles. The van der Waals surface area contributed by atoms with Crippen LogP contribution in [-0.2, 0) is 0 Å². The van der Waals surface area contributed by atoms with Crippen LogP contribution in [0.4, 0.5) is 8.78 Å². The molecule has 4 heteroatoms. The molecule has 0 amide bonds. The third-order valence-corrected chi connectivity index (χ3v) is 2.10. The Kier molecular flexibility index (Phi) is 3.22. The van der Waals surface area contributed by atoms with Crippen LogP contribution >= 0.6 is 11.6 Å². The van der Waals surface area contributed by atoms with E-state index < -0.39 is 12.5 Å². The molecule has 1 aromatic carbocycles. The first kappa shape index (κ1) is 10.4. The van der Waals surface area contributed by atoms with Crippen molar-refractivity contribution in [3.8, 4) is 0 Å². The van der Waals surface area contributed by atoms with Crippen LogP contribution < -0.4 is 5.73 Å². The molecule has 0 aromatic heterocycles. The van der Waals surface area contributed by atoms with Crippen molar-refractivity contribution in [2.75, 3.05) is 0 Å². The van der Waals surface area contributed by atoms with Crippen LogP contribution in [0.15, 0.2) is 18.2 Å². The molecule has 1 aromatic rings. The summed E-state index contributed by atoms with van der Waals surface area (Å²) >= 11 is 5.67. The number of nitrogens with two attached hydrogens (primary N) is 1. The predicted octanol–water partition coefficient (Wildman–Crippen LogP) is 2.91. The maximum atomic E-state index is 12.2. The molecule has 0 saturated heterocycles. The number of hydrogen-bond donors (Lipinski definition) is 1. The van der Waals surface area contributed by atoms with Gasteiger partial charge in [-0.15, -0.1) is 0 Å². The minimum Gasteiger partial charge on any atom is -0.319 e. The third-order valence-electron chi connectivity index (χ3n) is 1.86. The standard InChI is InChI=1S/C9H10ClF2N/c1-5-4-6(10)2-3-7(5)8(13)9(11)12/h2-4,8-9H,13H2,1H3. The van der Waals surface area contributed by atoms with Crippen molar-refractivity contribution in [3.05, 3.63) is 34.3 Å². The average Bonchev–Trinajstić information content (AvgIpc) is 2.03. The Balaban J connectivity index is 3.01. The minimum atomic E-state index is -2.54. The van der Waals surface area contributed by atoms with E-state index in [0.29, 0.717) is 16.1 Å². The molecular weight excluding hydrogens is 196 g/mol. The van der Waals surface area contributed by atoms with Gasteiger partial charge in [0.05, 0.1) is 6.04 Å². The van der Waals surface area contributed by atoms with Crippen molar-refractivity contribution < 1.29 is 8.78 Å². The fraction of sp³-hybridized carbons (Fsp3) is 0.333. The van der Waals surface area contributed by atoms with E-state index >= 15 is 0 Å². The largest absolute Gasteiger partial charge is 0.319 e. The summed E-state index contributed by atoms with van der Waals surface area (Å²) in [4.78, 5) is 0. The summed E-state index contributed by atoms with van der Waals surface area (Å²) in [5, 5.41) is 0.530. The van der Waals surface area contributed by atoms with Crippen LogP contribution in [0.3, 0.4) is 0 Å². The van der Waals surface area contributed by atoms with E-state index in [1.54, 1.807) is 19.1 Å². The summed E-state index contributed by atoms with van der Waals surface area (Å²) in [6.07, 6.45) is -2.54. The lowest BCUT2D eigenvalue weighted by Crippen LogP contribution is -2.19. The van der Waals surface area contributed by atoms with Crippen LogP contribution in [0.25, 0.3) is 0 Å². The normalized spacial score (nSPS) is 13.4. The fourth-order valence-electron chi connectivity index (χ4n) is 1.15. The molecule has 72 valence electrons. The van der Waals surface area contributed by atoms with Gasteiger partial charge in [-0.05, 0) is 30.2 Å². The summed E-state index contributed by atoms with van der Waals surface area (Å²) < 4.78 is 24.5. The van der Waals surface area contributed by atoms with Gasteiger partial charge in [-0.25, -0.2) is 8.78 Å². The Bertz CT molecular complexity index is 302. The highest BCUT2D eigenvalue weighted by Crippen LogP contribution is 2.23. The highest BCUT2D eigenvalue weighted by molar-refractivity contribution is 6.30. The predicted molar refractivity (Wildman–Crippen MR) is 49.1 cm³/mol. The summed E-state index contributed by atoms with van der Waals surface area (Å²) in [5.74, 6) is 0. The molecule has 0 aliphatic heterocycles. The number of hydrogen-bond acceptors (Lipinski definition) is 1. The smallest absolute Gasteiger partial charge is 0.257 e. The maximum Gasteiger partial charge on any atom is 0.257 e. The van der Waals surface area contributed by atoms with Gasteiger partial charge >= 0.3 is 0 Å². The van der Waals surface area contributed by atoms with Crippen LogP contribution in [0.5, 0.6) is 0 Å². The van der Waals surface area contributed by atoms with E-state index in [0.717, 1.165) is 0 Å². The average molecular weight is 206 g/mol. The molecule has 2 N–H and O–H groups in total. The summed E-state index contributed by atoms with van der Waals surface area (Å²) in [6.45, 7) is 1.71. The molecule has 0 spiro atoms. The van der Waals surface area contributed by atoms with E-state index in [9.17, 15) is 8.78 Å². The van der Waals surface area contributed by atoms with E-state index in [4.69, 9.17) is 17.3 Å². The second-order valence-electron chi connectivity index (χ2n) is 2.86. The van der Waals surface area contributed by atoms with Crippen molar-refractivity contribution >= 4 is 11.6 Å². The SMILES string of the molecule is Cc1cc(Cl)ccc1C(N)C(F)F. The van der Waals surface area contributed by atoms with E-state index in [1.807, 2.05) is 0 Å². The molecule has 1 atom stereocenters. The van der Waals surface area contributed by atoms with E-state index in [1.165, 1.54) is 6.07 Å². The number of rotatable bonds is 2. The van der Waals surface area contributed by atoms with Crippen LogP contribution in [0.2, 0.25) is 5.02 Å². The Morgan fingerprint density at radius 2 is 2.00 bits per heavy atom. The molecule has 1 nitrogen and oxygen atoms in total. The molecule has 0 fully saturated rings. The van der Waals surface area contributed by atoms with Crippen LogP contribution in [0, 0.1) is 6.92 Å².